The quantitative estimate of drug-likeness (QED) is 0.295. The molecule has 142 valence electrons. The molecule has 2 fully saturated rings. The molecule has 3 N–H and O–H groups in total. The molecule has 0 aromatic heterocycles. The highest BCUT2D eigenvalue weighted by atomic mass is 32.2. The first-order valence-corrected chi connectivity index (χ1v) is 8.75. The van der Waals surface area contributed by atoms with Crippen molar-refractivity contribution in [2.24, 2.45) is 10.8 Å². The van der Waals surface area contributed by atoms with Crippen molar-refractivity contribution < 1.29 is 42.2 Å². The fraction of sp³-hybridized carbons (Fsp3) is 0.733. The van der Waals surface area contributed by atoms with E-state index in [2.05, 4.69) is 6.58 Å². The van der Waals surface area contributed by atoms with Gasteiger partial charge < -0.3 is 19.7 Å². The molecule has 2 saturated carbocycles. The molecule has 5 unspecified atom stereocenters. The van der Waals surface area contributed by atoms with Crippen LogP contribution in [0.3, 0.4) is 0 Å². The van der Waals surface area contributed by atoms with E-state index in [1.807, 2.05) is 0 Å². The van der Waals surface area contributed by atoms with Crippen molar-refractivity contribution >= 4 is 23.3 Å². The molecule has 25 heavy (non-hydrogen) atoms. The number of esters is 2. The first-order chi connectivity index (χ1) is 11.7. The number of hydrogen-bond acceptors (Lipinski definition) is 8. The van der Waals surface area contributed by atoms with E-state index in [9.17, 15) is 24.0 Å². The number of aliphatic hydroxyl groups is 2. The van der Waals surface area contributed by atoms with Crippen molar-refractivity contribution in [2.45, 2.75) is 38.4 Å². The smallest absolute Gasteiger partial charge is 0.344 e. The van der Waals surface area contributed by atoms with Gasteiger partial charge in [-0.1, -0.05) is 6.58 Å². The van der Waals surface area contributed by atoms with Crippen molar-refractivity contribution in [1.29, 1.82) is 0 Å². The van der Waals surface area contributed by atoms with Gasteiger partial charge in [0.1, 0.15) is 12.2 Å². The summed E-state index contributed by atoms with van der Waals surface area (Å²) in [5.74, 6) is -1.64. The summed E-state index contributed by atoms with van der Waals surface area (Å²) in [6.45, 7) is 3.48. The van der Waals surface area contributed by atoms with Crippen LogP contribution in [0.1, 0.15) is 26.2 Å². The van der Waals surface area contributed by atoms with Gasteiger partial charge in [-0.25, -0.2) is 9.59 Å². The third kappa shape index (κ3) is 3.77. The van der Waals surface area contributed by atoms with Gasteiger partial charge in [0.15, 0.2) is 6.61 Å². The summed E-state index contributed by atoms with van der Waals surface area (Å²) >= 11 is -2.64. The van der Waals surface area contributed by atoms with Gasteiger partial charge in [-0.2, -0.15) is 4.21 Å². The van der Waals surface area contributed by atoms with Crippen LogP contribution >= 0.6 is 0 Å². The third-order valence-electron chi connectivity index (χ3n) is 5.05. The Morgan fingerprint density at radius 2 is 1.76 bits per heavy atom. The van der Waals surface area contributed by atoms with Crippen LogP contribution in [0.25, 0.3) is 0 Å². The second kappa shape index (κ2) is 7.50. The molecule has 0 aromatic rings. The summed E-state index contributed by atoms with van der Waals surface area (Å²) in [5.41, 5.74) is -1.63. The zero-order valence-electron chi connectivity index (χ0n) is 13.8. The van der Waals surface area contributed by atoms with Gasteiger partial charge in [0.25, 0.3) is 0 Å². The average molecular weight is 378 g/mol. The van der Waals surface area contributed by atoms with Gasteiger partial charge in [0, 0.05) is 16.4 Å². The largest absolute Gasteiger partial charge is 0.456 e. The van der Waals surface area contributed by atoms with Crippen molar-refractivity contribution in [1.82, 2.24) is 0 Å². The molecular weight excluding hydrogens is 356 g/mol. The molecule has 2 rings (SSSR count). The van der Waals surface area contributed by atoms with Crippen LogP contribution in [0.2, 0.25) is 0 Å². The highest BCUT2D eigenvalue weighted by Gasteiger charge is 2.68. The molecule has 0 aliphatic heterocycles. The van der Waals surface area contributed by atoms with E-state index < -0.39 is 52.9 Å². The minimum atomic E-state index is -2.64. The lowest BCUT2D eigenvalue weighted by Crippen LogP contribution is -2.50. The maximum atomic E-state index is 12.0. The summed E-state index contributed by atoms with van der Waals surface area (Å²) in [5, 5.41) is 19.6. The Balaban J connectivity index is 2.15. The van der Waals surface area contributed by atoms with Crippen molar-refractivity contribution in [3.63, 3.8) is 0 Å². The highest BCUT2D eigenvalue weighted by molar-refractivity contribution is 7.74. The van der Waals surface area contributed by atoms with Crippen LogP contribution in [0.15, 0.2) is 12.2 Å². The molecule has 10 heteroatoms. The number of ether oxygens (including phenoxy) is 2. The van der Waals surface area contributed by atoms with Gasteiger partial charge >= 0.3 is 23.3 Å². The lowest BCUT2D eigenvalue weighted by molar-refractivity contribution is -0.175. The first kappa shape index (κ1) is 20.0. The molecule has 0 aromatic carbocycles. The van der Waals surface area contributed by atoms with Crippen LogP contribution in [-0.4, -0.2) is 62.9 Å². The minimum Gasteiger partial charge on any atom is -0.456 e. The average Bonchev–Trinajstić information content (AvgIpc) is 3.06. The molecule has 2 bridgehead atoms. The molecule has 2 aliphatic carbocycles. The summed E-state index contributed by atoms with van der Waals surface area (Å²) in [6, 6.07) is 0. The predicted octanol–water partition coefficient (Wildman–Crippen LogP) is -0.306. The Bertz CT molecular complexity index is 592. The summed E-state index contributed by atoms with van der Waals surface area (Å²) in [7, 11) is 0. The van der Waals surface area contributed by atoms with Gasteiger partial charge in [-0.15, -0.1) is 0 Å². The Labute approximate surface area is 147 Å². The fourth-order valence-corrected chi connectivity index (χ4v) is 4.29. The van der Waals surface area contributed by atoms with Gasteiger partial charge in [0.05, 0.1) is 13.2 Å². The van der Waals surface area contributed by atoms with Crippen LogP contribution in [0, 0.1) is 10.8 Å². The van der Waals surface area contributed by atoms with E-state index in [1.54, 1.807) is 0 Å². The molecular formula is C15H22O9S. The first-order valence-electron chi connectivity index (χ1n) is 7.71. The second-order valence-electron chi connectivity index (χ2n) is 6.72. The topological polar surface area (TPSA) is 140 Å². The van der Waals surface area contributed by atoms with Crippen LogP contribution in [-0.2, 0) is 34.6 Å². The zero-order chi connectivity index (χ0) is 18.8. The van der Waals surface area contributed by atoms with E-state index in [-0.39, 0.29) is 18.8 Å². The second-order valence-corrected chi connectivity index (χ2v) is 7.35. The summed E-state index contributed by atoms with van der Waals surface area (Å²) in [4.78, 5) is 23.4. The maximum absolute atomic E-state index is 12.0. The molecule has 0 spiro atoms. The van der Waals surface area contributed by atoms with Crippen molar-refractivity contribution in [3.8, 4) is 0 Å². The predicted molar refractivity (Wildman–Crippen MR) is 84.2 cm³/mol. The van der Waals surface area contributed by atoms with Crippen LogP contribution in [0.5, 0.6) is 0 Å². The standard InChI is InChI=1S/C15H22O9S/c1-9(2)13(19)22-5-10(18)23-11-12(24-25(20)21)15(8-17)4-3-14(11,6-15)7-16/h11-12,16-17H,1,3-8H2,2H3,(H,20,21). The Kier molecular flexibility index (Phi) is 6.00. The number of hydrogen-bond donors (Lipinski definition) is 3. The summed E-state index contributed by atoms with van der Waals surface area (Å²) in [6.07, 6.45) is -0.871. The molecule has 0 heterocycles. The van der Waals surface area contributed by atoms with Gasteiger partial charge in [-0.3, -0.25) is 8.74 Å². The third-order valence-corrected chi connectivity index (χ3v) is 5.42. The number of carbonyl (C=O) groups excluding carboxylic acids is 2. The van der Waals surface area contributed by atoms with E-state index in [1.165, 1.54) is 6.92 Å². The molecule has 2 aliphatic rings. The molecule has 9 nitrogen and oxygen atoms in total. The number of carbonyl (C=O) groups is 2. The SMILES string of the molecule is C=C(C)C(=O)OCC(=O)OC1C(OS(=O)O)C2(CO)CCC1(CO)C2. The maximum Gasteiger partial charge on any atom is 0.344 e. The molecule has 0 radical (unpaired) electrons. The minimum absolute atomic E-state index is 0.121. The Morgan fingerprint density at radius 1 is 1.20 bits per heavy atom. The lowest BCUT2D eigenvalue weighted by Gasteiger charge is -2.39. The lowest BCUT2D eigenvalue weighted by atomic mass is 9.78. The number of aliphatic hydroxyl groups excluding tert-OH is 2. The van der Waals surface area contributed by atoms with E-state index >= 15 is 0 Å². The zero-order valence-corrected chi connectivity index (χ0v) is 14.6. The Morgan fingerprint density at radius 3 is 2.24 bits per heavy atom. The molecule has 0 amide bonds. The van der Waals surface area contributed by atoms with E-state index in [4.69, 9.17) is 18.2 Å². The van der Waals surface area contributed by atoms with Crippen LogP contribution < -0.4 is 0 Å². The fourth-order valence-electron chi connectivity index (χ4n) is 3.80. The van der Waals surface area contributed by atoms with Gasteiger partial charge in [-0.05, 0) is 26.2 Å². The normalized spacial score (nSPS) is 34.6. The summed E-state index contributed by atoms with van der Waals surface area (Å²) < 4.78 is 35.3. The molecule has 0 saturated heterocycles. The van der Waals surface area contributed by atoms with Crippen molar-refractivity contribution in [2.75, 3.05) is 19.8 Å². The van der Waals surface area contributed by atoms with Crippen LogP contribution in [0.4, 0.5) is 0 Å². The van der Waals surface area contributed by atoms with Crippen molar-refractivity contribution in [3.05, 3.63) is 12.2 Å². The van der Waals surface area contributed by atoms with E-state index in [0.717, 1.165) is 0 Å². The molecule has 5 atom stereocenters. The number of fused-ring (bicyclic) bond motifs is 2. The Hall–Kier alpha value is -1.33. The van der Waals surface area contributed by atoms with E-state index in [0.29, 0.717) is 19.3 Å². The monoisotopic (exact) mass is 378 g/mol. The van der Waals surface area contributed by atoms with Gasteiger partial charge in [0.2, 0.25) is 0 Å². The highest BCUT2D eigenvalue weighted by Crippen LogP contribution is 2.63. The number of rotatable bonds is 8.